The van der Waals surface area contributed by atoms with Gasteiger partial charge in [-0.05, 0) is 36.2 Å². The van der Waals surface area contributed by atoms with Crippen LogP contribution in [0.1, 0.15) is 11.1 Å². The molecule has 0 atom stereocenters. The van der Waals surface area contributed by atoms with Gasteiger partial charge in [0.15, 0.2) is 11.5 Å². The molecular formula is C19H25NO3. The Kier molecular flexibility index (Phi) is 7.43. The minimum absolute atomic E-state index is 0.515. The molecule has 0 amide bonds. The van der Waals surface area contributed by atoms with E-state index in [0.29, 0.717) is 13.2 Å². The van der Waals surface area contributed by atoms with Gasteiger partial charge < -0.3 is 19.5 Å². The topological polar surface area (TPSA) is 39.7 Å². The summed E-state index contributed by atoms with van der Waals surface area (Å²) >= 11 is 0. The van der Waals surface area contributed by atoms with Crippen LogP contribution in [0.25, 0.3) is 0 Å². The van der Waals surface area contributed by atoms with Crippen LogP contribution in [0.2, 0.25) is 0 Å². The first-order valence-electron chi connectivity index (χ1n) is 7.87. The molecule has 1 N–H and O–H groups in total. The van der Waals surface area contributed by atoms with Crippen LogP contribution in [0.4, 0.5) is 0 Å². The lowest BCUT2D eigenvalue weighted by molar-refractivity contribution is 0.144. The van der Waals surface area contributed by atoms with E-state index in [0.717, 1.165) is 31.0 Å². The van der Waals surface area contributed by atoms with Crippen molar-refractivity contribution in [2.24, 2.45) is 0 Å². The Morgan fingerprint density at radius 1 is 0.870 bits per heavy atom. The Bertz CT molecular complexity index is 572. The molecule has 0 unspecified atom stereocenters. The van der Waals surface area contributed by atoms with Gasteiger partial charge in [-0.2, -0.15) is 0 Å². The highest BCUT2D eigenvalue weighted by Crippen LogP contribution is 2.27. The van der Waals surface area contributed by atoms with Gasteiger partial charge in [-0.3, -0.25) is 0 Å². The minimum Gasteiger partial charge on any atom is -0.493 e. The normalized spacial score (nSPS) is 10.5. The molecule has 0 fully saturated rings. The van der Waals surface area contributed by atoms with Crippen LogP contribution < -0.4 is 14.8 Å². The smallest absolute Gasteiger partial charge is 0.161 e. The molecule has 23 heavy (non-hydrogen) atoms. The SMILES string of the molecule is COCCOc1ccc(CNCCc2ccccc2)cc1OC. The first-order chi connectivity index (χ1) is 11.3. The lowest BCUT2D eigenvalue weighted by Crippen LogP contribution is -2.16. The second-order valence-electron chi connectivity index (χ2n) is 5.24. The lowest BCUT2D eigenvalue weighted by atomic mass is 10.1. The van der Waals surface area contributed by atoms with Crippen molar-refractivity contribution in [3.05, 3.63) is 59.7 Å². The molecule has 0 heterocycles. The third-order valence-electron chi connectivity index (χ3n) is 3.54. The third kappa shape index (κ3) is 5.93. The molecule has 0 bridgehead atoms. The number of hydrogen-bond donors (Lipinski definition) is 1. The van der Waals surface area contributed by atoms with Gasteiger partial charge in [0, 0.05) is 13.7 Å². The molecular weight excluding hydrogens is 290 g/mol. The van der Waals surface area contributed by atoms with Gasteiger partial charge in [-0.15, -0.1) is 0 Å². The van der Waals surface area contributed by atoms with E-state index in [1.54, 1.807) is 14.2 Å². The first-order valence-corrected chi connectivity index (χ1v) is 7.87. The van der Waals surface area contributed by atoms with E-state index in [1.165, 1.54) is 11.1 Å². The fraction of sp³-hybridized carbons (Fsp3) is 0.368. The van der Waals surface area contributed by atoms with Crippen molar-refractivity contribution in [3.63, 3.8) is 0 Å². The number of rotatable bonds is 10. The van der Waals surface area contributed by atoms with Gasteiger partial charge in [0.2, 0.25) is 0 Å². The maximum absolute atomic E-state index is 5.64. The van der Waals surface area contributed by atoms with Crippen LogP contribution in [-0.2, 0) is 17.7 Å². The van der Waals surface area contributed by atoms with Crippen LogP contribution in [0.3, 0.4) is 0 Å². The monoisotopic (exact) mass is 315 g/mol. The molecule has 0 spiro atoms. The van der Waals surface area contributed by atoms with Gasteiger partial charge in [0.1, 0.15) is 6.61 Å². The summed E-state index contributed by atoms with van der Waals surface area (Å²) in [7, 11) is 3.32. The van der Waals surface area contributed by atoms with Crippen molar-refractivity contribution in [2.75, 3.05) is 34.0 Å². The summed E-state index contributed by atoms with van der Waals surface area (Å²) in [5.41, 5.74) is 2.52. The van der Waals surface area contributed by atoms with Crippen molar-refractivity contribution in [2.45, 2.75) is 13.0 Å². The summed E-state index contributed by atoms with van der Waals surface area (Å²) in [5, 5.41) is 3.46. The predicted molar refractivity (Wildman–Crippen MR) is 92.2 cm³/mol. The zero-order valence-corrected chi connectivity index (χ0v) is 13.9. The van der Waals surface area contributed by atoms with E-state index in [2.05, 4.69) is 35.6 Å². The zero-order chi connectivity index (χ0) is 16.3. The van der Waals surface area contributed by atoms with Crippen molar-refractivity contribution < 1.29 is 14.2 Å². The van der Waals surface area contributed by atoms with E-state index in [1.807, 2.05) is 18.2 Å². The Labute approximate surface area is 138 Å². The van der Waals surface area contributed by atoms with E-state index < -0.39 is 0 Å². The second-order valence-corrected chi connectivity index (χ2v) is 5.24. The Hall–Kier alpha value is -2.04. The Morgan fingerprint density at radius 2 is 1.70 bits per heavy atom. The molecule has 0 aliphatic heterocycles. The van der Waals surface area contributed by atoms with Gasteiger partial charge in [-0.1, -0.05) is 36.4 Å². The summed E-state index contributed by atoms with van der Waals surface area (Å²) in [5.74, 6) is 1.50. The number of hydrogen-bond acceptors (Lipinski definition) is 4. The number of ether oxygens (including phenoxy) is 3. The summed E-state index contributed by atoms with van der Waals surface area (Å²) < 4.78 is 16.0. The number of benzene rings is 2. The summed E-state index contributed by atoms with van der Waals surface area (Å²) in [6, 6.07) is 16.5. The van der Waals surface area contributed by atoms with Crippen molar-refractivity contribution in [1.82, 2.24) is 5.32 Å². The van der Waals surface area contributed by atoms with Crippen LogP contribution in [-0.4, -0.2) is 34.0 Å². The molecule has 2 aromatic rings. The number of nitrogens with one attached hydrogen (secondary N) is 1. The van der Waals surface area contributed by atoms with E-state index in [-0.39, 0.29) is 0 Å². The zero-order valence-electron chi connectivity index (χ0n) is 13.9. The number of methoxy groups -OCH3 is 2. The average molecular weight is 315 g/mol. The maximum Gasteiger partial charge on any atom is 0.161 e. The van der Waals surface area contributed by atoms with Gasteiger partial charge in [0.05, 0.1) is 13.7 Å². The minimum atomic E-state index is 0.515. The Morgan fingerprint density at radius 3 is 2.43 bits per heavy atom. The molecule has 0 saturated carbocycles. The third-order valence-corrected chi connectivity index (χ3v) is 3.54. The van der Waals surface area contributed by atoms with E-state index >= 15 is 0 Å². The Balaban J connectivity index is 1.80. The largest absolute Gasteiger partial charge is 0.493 e. The van der Waals surface area contributed by atoms with Crippen molar-refractivity contribution >= 4 is 0 Å². The van der Waals surface area contributed by atoms with Crippen LogP contribution in [0, 0.1) is 0 Å². The molecule has 4 nitrogen and oxygen atoms in total. The van der Waals surface area contributed by atoms with Gasteiger partial charge in [-0.25, -0.2) is 0 Å². The predicted octanol–water partition coefficient (Wildman–Crippen LogP) is 3.05. The van der Waals surface area contributed by atoms with E-state index in [9.17, 15) is 0 Å². The molecule has 2 aromatic carbocycles. The molecule has 0 aliphatic carbocycles. The molecule has 0 aliphatic rings. The fourth-order valence-electron chi connectivity index (χ4n) is 2.29. The van der Waals surface area contributed by atoms with Crippen molar-refractivity contribution in [1.29, 1.82) is 0 Å². The van der Waals surface area contributed by atoms with Gasteiger partial charge >= 0.3 is 0 Å². The lowest BCUT2D eigenvalue weighted by Gasteiger charge is -2.12. The van der Waals surface area contributed by atoms with Crippen LogP contribution in [0.5, 0.6) is 11.5 Å². The first kappa shape index (κ1) is 17.3. The van der Waals surface area contributed by atoms with Crippen LogP contribution >= 0.6 is 0 Å². The quantitative estimate of drug-likeness (QED) is 0.684. The van der Waals surface area contributed by atoms with Gasteiger partial charge in [0.25, 0.3) is 0 Å². The molecule has 4 heteroatoms. The highest BCUT2D eigenvalue weighted by molar-refractivity contribution is 5.42. The molecule has 0 radical (unpaired) electrons. The highest BCUT2D eigenvalue weighted by atomic mass is 16.5. The maximum atomic E-state index is 5.64. The summed E-state index contributed by atoms with van der Waals surface area (Å²) in [6.45, 7) is 2.83. The summed E-state index contributed by atoms with van der Waals surface area (Å²) in [4.78, 5) is 0. The average Bonchev–Trinajstić information content (AvgIpc) is 2.60. The standard InChI is InChI=1S/C19H25NO3/c1-21-12-13-23-18-9-8-17(14-19(18)22-2)15-20-11-10-16-6-4-3-5-7-16/h3-9,14,20H,10-13,15H2,1-2H3. The van der Waals surface area contributed by atoms with Crippen LogP contribution in [0.15, 0.2) is 48.5 Å². The van der Waals surface area contributed by atoms with Crippen molar-refractivity contribution in [3.8, 4) is 11.5 Å². The molecule has 0 saturated heterocycles. The second kappa shape index (κ2) is 9.87. The highest BCUT2D eigenvalue weighted by Gasteiger charge is 2.05. The summed E-state index contributed by atoms with van der Waals surface area (Å²) in [6.07, 6.45) is 1.02. The van der Waals surface area contributed by atoms with E-state index in [4.69, 9.17) is 14.2 Å². The molecule has 124 valence electrons. The molecule has 0 aromatic heterocycles. The molecule has 2 rings (SSSR count). The fourth-order valence-corrected chi connectivity index (χ4v) is 2.29.